The Hall–Kier alpha value is -2.28. The minimum atomic E-state index is -1.00. The number of benzene rings is 1. The van der Waals surface area contributed by atoms with Gasteiger partial charge in [-0.2, -0.15) is 0 Å². The molecule has 1 atom stereocenters. The van der Waals surface area contributed by atoms with Crippen LogP contribution in [-0.2, 0) is 10.3 Å². The number of amides is 2. The third-order valence-corrected chi connectivity index (χ3v) is 5.18. The van der Waals surface area contributed by atoms with Crippen LogP contribution in [0.1, 0.15) is 53.5 Å². The van der Waals surface area contributed by atoms with E-state index in [1.165, 1.54) is 11.0 Å². The molecular formula is C22H30ClFN2O4. The van der Waals surface area contributed by atoms with Crippen LogP contribution in [0.15, 0.2) is 23.9 Å². The van der Waals surface area contributed by atoms with Crippen molar-refractivity contribution >= 4 is 23.6 Å². The first-order chi connectivity index (χ1) is 13.7. The Morgan fingerprint density at radius 3 is 2.50 bits per heavy atom. The van der Waals surface area contributed by atoms with Crippen molar-refractivity contribution in [3.63, 3.8) is 0 Å². The third-order valence-electron chi connectivity index (χ3n) is 4.90. The van der Waals surface area contributed by atoms with Crippen molar-refractivity contribution in [1.82, 2.24) is 10.2 Å². The number of halogens is 2. The van der Waals surface area contributed by atoms with Gasteiger partial charge in [0.2, 0.25) is 0 Å². The van der Waals surface area contributed by atoms with Gasteiger partial charge < -0.3 is 20.1 Å². The van der Waals surface area contributed by atoms with Gasteiger partial charge in [-0.3, -0.25) is 4.79 Å². The minimum absolute atomic E-state index is 0.00146. The van der Waals surface area contributed by atoms with E-state index in [1.807, 2.05) is 34.6 Å². The van der Waals surface area contributed by atoms with Crippen LogP contribution in [0.3, 0.4) is 0 Å². The Morgan fingerprint density at radius 2 is 2.00 bits per heavy atom. The van der Waals surface area contributed by atoms with Crippen LogP contribution < -0.4 is 10.1 Å². The molecule has 0 fully saturated rings. The molecule has 0 unspecified atom stereocenters. The van der Waals surface area contributed by atoms with Crippen LogP contribution in [-0.4, -0.2) is 35.2 Å². The summed E-state index contributed by atoms with van der Waals surface area (Å²) in [6.07, 6.45) is 1.48. The van der Waals surface area contributed by atoms with E-state index < -0.39 is 23.4 Å². The lowest BCUT2D eigenvalue weighted by Crippen LogP contribution is -2.55. The fourth-order valence-electron chi connectivity index (χ4n) is 3.34. The normalized spacial score (nSPS) is 19.6. The summed E-state index contributed by atoms with van der Waals surface area (Å²) < 4.78 is 20.5. The van der Waals surface area contributed by atoms with E-state index in [0.29, 0.717) is 12.2 Å². The second-order valence-electron chi connectivity index (χ2n) is 9.25. The number of carbonyl (C=O) groups excluding carboxylic acids is 1. The number of carbonyl (C=O) groups is 2. The van der Waals surface area contributed by atoms with Gasteiger partial charge in [0.15, 0.2) is 11.6 Å². The number of carboxylic acid groups (broad SMARTS) is 1. The second-order valence-corrected chi connectivity index (χ2v) is 9.66. The fraction of sp³-hybridized carbons (Fsp3) is 0.545. The summed E-state index contributed by atoms with van der Waals surface area (Å²) in [5.74, 6) is -1.61. The predicted octanol–water partition coefficient (Wildman–Crippen LogP) is 5.16. The molecule has 166 valence electrons. The Kier molecular flexibility index (Phi) is 7.07. The molecule has 0 bridgehead atoms. The van der Waals surface area contributed by atoms with E-state index in [2.05, 4.69) is 5.32 Å². The summed E-state index contributed by atoms with van der Waals surface area (Å²) in [5, 5.41) is 12.0. The lowest BCUT2D eigenvalue weighted by atomic mass is 9.78. The quantitative estimate of drug-likeness (QED) is 0.613. The molecule has 1 aliphatic rings. The molecular weight excluding hydrogens is 411 g/mol. The third kappa shape index (κ3) is 5.45. The zero-order valence-corrected chi connectivity index (χ0v) is 19.1. The highest BCUT2D eigenvalue weighted by molar-refractivity contribution is 6.32. The van der Waals surface area contributed by atoms with E-state index in [0.717, 1.165) is 5.57 Å². The molecule has 2 amide bonds. The molecule has 2 rings (SSSR count). The molecule has 0 aliphatic carbocycles. The van der Waals surface area contributed by atoms with Crippen LogP contribution in [0.25, 0.3) is 0 Å². The molecule has 1 aromatic rings. The van der Waals surface area contributed by atoms with Gasteiger partial charge in [0.1, 0.15) is 0 Å². The van der Waals surface area contributed by atoms with Crippen molar-refractivity contribution in [2.45, 2.75) is 53.5 Å². The van der Waals surface area contributed by atoms with E-state index in [-0.39, 0.29) is 35.1 Å². The Labute approximate surface area is 182 Å². The lowest BCUT2D eigenvalue weighted by molar-refractivity contribution is -0.137. The standard InChI is InChI=1S/C22H30ClFN2O4/c1-13(2)15-11-26(8-7-18(27)28)20(29)25-22(15,6)14-9-16(23)19(17(24)10-14)30-12-21(3,4)5/h9-11,13H,7-8,12H2,1-6H3,(H,25,29)(H,27,28)/t22-/m0/s1. The fourth-order valence-corrected chi connectivity index (χ4v) is 3.60. The van der Waals surface area contributed by atoms with Crippen LogP contribution in [0.4, 0.5) is 9.18 Å². The summed E-state index contributed by atoms with van der Waals surface area (Å²) in [6, 6.07) is 2.48. The molecule has 1 aromatic carbocycles. The van der Waals surface area contributed by atoms with Gasteiger partial charge >= 0.3 is 12.0 Å². The predicted molar refractivity (Wildman–Crippen MR) is 114 cm³/mol. The number of nitrogens with one attached hydrogen (secondary N) is 1. The molecule has 0 saturated heterocycles. The Morgan fingerprint density at radius 1 is 1.37 bits per heavy atom. The van der Waals surface area contributed by atoms with Crippen molar-refractivity contribution in [2.24, 2.45) is 11.3 Å². The molecule has 1 aliphatic heterocycles. The number of ether oxygens (including phenoxy) is 1. The molecule has 0 saturated carbocycles. The van der Waals surface area contributed by atoms with Gasteiger partial charge in [0, 0.05) is 12.7 Å². The number of hydrogen-bond donors (Lipinski definition) is 2. The summed E-state index contributed by atoms with van der Waals surface area (Å²) in [4.78, 5) is 24.9. The first-order valence-electron chi connectivity index (χ1n) is 9.89. The van der Waals surface area contributed by atoms with Gasteiger partial charge in [-0.05, 0) is 41.5 Å². The number of aliphatic carboxylic acids is 1. The summed E-state index contributed by atoms with van der Waals surface area (Å²) in [5.41, 5.74) is 0.133. The first kappa shape index (κ1) is 24.0. The van der Waals surface area contributed by atoms with Gasteiger partial charge in [-0.25, -0.2) is 9.18 Å². The minimum Gasteiger partial charge on any atom is -0.488 e. The molecule has 0 radical (unpaired) electrons. The van der Waals surface area contributed by atoms with Crippen molar-refractivity contribution in [3.05, 3.63) is 40.3 Å². The zero-order chi connectivity index (χ0) is 22.9. The van der Waals surface area contributed by atoms with Crippen LogP contribution in [0.5, 0.6) is 5.75 Å². The second kappa shape index (κ2) is 8.84. The smallest absolute Gasteiger partial charge is 0.322 e. The van der Waals surface area contributed by atoms with E-state index >= 15 is 0 Å². The zero-order valence-electron chi connectivity index (χ0n) is 18.3. The van der Waals surface area contributed by atoms with Crippen molar-refractivity contribution in [3.8, 4) is 5.75 Å². The van der Waals surface area contributed by atoms with Crippen molar-refractivity contribution in [2.75, 3.05) is 13.2 Å². The van der Waals surface area contributed by atoms with Gasteiger partial charge in [-0.15, -0.1) is 0 Å². The van der Waals surface area contributed by atoms with E-state index in [1.54, 1.807) is 19.2 Å². The first-order valence-corrected chi connectivity index (χ1v) is 10.3. The maximum atomic E-state index is 14.9. The highest BCUT2D eigenvalue weighted by Crippen LogP contribution is 2.41. The monoisotopic (exact) mass is 440 g/mol. The van der Waals surface area contributed by atoms with E-state index in [9.17, 15) is 14.0 Å². The molecule has 8 heteroatoms. The maximum absolute atomic E-state index is 14.9. The highest BCUT2D eigenvalue weighted by atomic mass is 35.5. The largest absolute Gasteiger partial charge is 0.488 e. The molecule has 2 N–H and O–H groups in total. The van der Waals surface area contributed by atoms with Gasteiger partial charge in [0.25, 0.3) is 0 Å². The number of rotatable bonds is 7. The molecule has 0 aromatic heterocycles. The van der Waals surface area contributed by atoms with Gasteiger partial charge in [-0.1, -0.05) is 46.2 Å². The molecule has 1 heterocycles. The molecule has 6 nitrogen and oxygen atoms in total. The Balaban J connectivity index is 2.44. The van der Waals surface area contributed by atoms with E-state index in [4.69, 9.17) is 21.4 Å². The molecule has 30 heavy (non-hydrogen) atoms. The average Bonchev–Trinajstić information content (AvgIpc) is 2.58. The topological polar surface area (TPSA) is 78.9 Å². The number of urea groups is 1. The maximum Gasteiger partial charge on any atom is 0.322 e. The number of hydrogen-bond acceptors (Lipinski definition) is 3. The summed E-state index contributed by atoms with van der Waals surface area (Å²) >= 11 is 6.35. The number of carboxylic acids is 1. The lowest BCUT2D eigenvalue weighted by Gasteiger charge is -2.42. The SMILES string of the molecule is CC(C)C1=CN(CCC(=O)O)C(=O)N[C@@]1(C)c1cc(F)c(OCC(C)(C)C)c(Cl)c1. The molecule has 0 spiro atoms. The van der Waals surface area contributed by atoms with Crippen LogP contribution in [0, 0.1) is 17.2 Å². The number of nitrogens with zero attached hydrogens (tertiary/aromatic N) is 1. The highest BCUT2D eigenvalue weighted by Gasteiger charge is 2.40. The van der Waals surface area contributed by atoms with Crippen molar-refractivity contribution < 1.29 is 23.8 Å². The summed E-state index contributed by atoms with van der Waals surface area (Å²) in [6.45, 7) is 12.0. The summed E-state index contributed by atoms with van der Waals surface area (Å²) in [7, 11) is 0. The van der Waals surface area contributed by atoms with Crippen LogP contribution >= 0.6 is 11.6 Å². The average molecular weight is 441 g/mol. The van der Waals surface area contributed by atoms with Crippen molar-refractivity contribution in [1.29, 1.82) is 0 Å². The Bertz CT molecular complexity index is 840. The van der Waals surface area contributed by atoms with Crippen LogP contribution in [0.2, 0.25) is 5.02 Å². The van der Waals surface area contributed by atoms with Gasteiger partial charge in [0.05, 0.1) is 23.6 Å².